The summed E-state index contributed by atoms with van der Waals surface area (Å²) < 4.78 is 0. The van der Waals surface area contributed by atoms with Gasteiger partial charge in [0, 0.05) is 16.8 Å². The lowest BCUT2D eigenvalue weighted by atomic mass is 9.69. The van der Waals surface area contributed by atoms with Gasteiger partial charge in [0.05, 0.1) is 6.21 Å². The van der Waals surface area contributed by atoms with E-state index >= 15 is 0 Å². The molecule has 0 saturated carbocycles. The van der Waals surface area contributed by atoms with Crippen molar-refractivity contribution in [3.05, 3.63) is 58.9 Å². The van der Waals surface area contributed by atoms with Crippen molar-refractivity contribution in [3.63, 3.8) is 0 Å². The summed E-state index contributed by atoms with van der Waals surface area (Å²) in [6.07, 6.45) is 5.46. The molecule has 2 aromatic carbocycles. The van der Waals surface area contributed by atoms with E-state index in [2.05, 4.69) is 41.5 Å². The van der Waals surface area contributed by atoms with Crippen LogP contribution in [0.4, 0.5) is 0 Å². The van der Waals surface area contributed by atoms with Crippen molar-refractivity contribution in [2.24, 2.45) is 16.4 Å². The molecular formula is C24H28N4O2. The molecule has 1 unspecified atom stereocenters. The third-order valence-corrected chi connectivity index (χ3v) is 6.69. The number of aromatic amines is 1. The summed E-state index contributed by atoms with van der Waals surface area (Å²) in [4.78, 5) is 12.8. The number of nitrogens with zero attached hydrogens (tertiary/aromatic N) is 2. The standard InChI is InChI=1S/C24H28N4O2/c1-4-24(2,3)16-10-11-20-18(13-16)22(27-26-20)23(30)28-25-14-19-17-8-6-5-7-15(17)9-12-21(19)29/h5-9,12,14,16,29H,4,10-11,13H2,1-3H3,(H,26,27)(H,28,30). The maximum atomic E-state index is 12.8. The lowest BCUT2D eigenvalue weighted by Crippen LogP contribution is -2.30. The summed E-state index contributed by atoms with van der Waals surface area (Å²) in [7, 11) is 0. The fourth-order valence-corrected chi connectivity index (χ4v) is 4.27. The number of carbonyl (C=O) groups excluding carboxylic acids is 1. The number of fused-ring (bicyclic) bond motifs is 2. The van der Waals surface area contributed by atoms with Crippen LogP contribution in [0.25, 0.3) is 10.8 Å². The molecule has 1 amide bonds. The van der Waals surface area contributed by atoms with E-state index in [4.69, 9.17) is 0 Å². The van der Waals surface area contributed by atoms with Crippen LogP contribution in [0, 0.1) is 11.3 Å². The molecule has 1 heterocycles. The topological polar surface area (TPSA) is 90.4 Å². The molecule has 0 radical (unpaired) electrons. The second-order valence-corrected chi connectivity index (χ2v) is 8.73. The molecule has 156 valence electrons. The zero-order chi connectivity index (χ0) is 21.3. The highest BCUT2D eigenvalue weighted by Crippen LogP contribution is 2.40. The number of aromatic hydroxyl groups is 1. The highest BCUT2D eigenvalue weighted by atomic mass is 16.3. The summed E-state index contributed by atoms with van der Waals surface area (Å²) >= 11 is 0. The molecule has 1 aliphatic rings. The third kappa shape index (κ3) is 3.70. The molecule has 4 rings (SSSR count). The number of H-pyrrole nitrogens is 1. The fraction of sp³-hybridized carbons (Fsp3) is 0.375. The molecule has 30 heavy (non-hydrogen) atoms. The van der Waals surface area contributed by atoms with Crippen LogP contribution in [-0.2, 0) is 12.8 Å². The Morgan fingerprint density at radius 3 is 2.93 bits per heavy atom. The number of benzene rings is 2. The summed E-state index contributed by atoms with van der Waals surface area (Å²) in [5.74, 6) is 0.308. The van der Waals surface area contributed by atoms with E-state index in [1.165, 1.54) is 6.21 Å². The number of rotatable bonds is 5. The van der Waals surface area contributed by atoms with Crippen molar-refractivity contribution >= 4 is 22.9 Å². The highest BCUT2D eigenvalue weighted by molar-refractivity contribution is 6.03. The lowest BCUT2D eigenvalue weighted by Gasteiger charge is -2.36. The molecule has 1 aliphatic carbocycles. The van der Waals surface area contributed by atoms with Crippen molar-refractivity contribution < 1.29 is 9.90 Å². The predicted molar refractivity (Wildman–Crippen MR) is 119 cm³/mol. The maximum Gasteiger partial charge on any atom is 0.292 e. The Hall–Kier alpha value is -3.15. The molecule has 3 aromatic rings. The van der Waals surface area contributed by atoms with Gasteiger partial charge < -0.3 is 5.11 Å². The molecule has 0 fully saturated rings. The van der Waals surface area contributed by atoms with Gasteiger partial charge in [0.2, 0.25) is 0 Å². The Labute approximate surface area is 176 Å². The number of carbonyl (C=O) groups is 1. The predicted octanol–water partition coefficient (Wildman–Crippen LogP) is 4.57. The SMILES string of the molecule is CCC(C)(C)C1CCc2[nH]nc(C(=O)NN=Cc3c(O)ccc4ccccc34)c2C1. The van der Waals surface area contributed by atoms with Gasteiger partial charge in [0.25, 0.3) is 5.91 Å². The van der Waals surface area contributed by atoms with Crippen LogP contribution < -0.4 is 5.43 Å². The first-order chi connectivity index (χ1) is 14.4. The minimum Gasteiger partial charge on any atom is -0.507 e. The second kappa shape index (κ2) is 7.94. The lowest BCUT2D eigenvalue weighted by molar-refractivity contribution is 0.0947. The Morgan fingerprint density at radius 1 is 1.33 bits per heavy atom. The third-order valence-electron chi connectivity index (χ3n) is 6.69. The number of aromatic nitrogens is 2. The normalized spacial score (nSPS) is 16.7. The number of phenols is 1. The van der Waals surface area contributed by atoms with Crippen LogP contribution in [0.1, 0.15) is 60.9 Å². The first-order valence-electron chi connectivity index (χ1n) is 10.5. The molecule has 3 N–H and O–H groups in total. The van der Waals surface area contributed by atoms with Gasteiger partial charge in [-0.1, -0.05) is 57.5 Å². The van der Waals surface area contributed by atoms with E-state index in [1.54, 1.807) is 6.07 Å². The molecule has 1 aromatic heterocycles. The summed E-state index contributed by atoms with van der Waals surface area (Å²) in [5, 5.41) is 23.5. The van der Waals surface area contributed by atoms with Crippen molar-refractivity contribution in [2.75, 3.05) is 0 Å². The van der Waals surface area contributed by atoms with E-state index in [1.807, 2.05) is 30.3 Å². The van der Waals surface area contributed by atoms with Gasteiger partial charge in [-0.05, 0) is 47.4 Å². The van der Waals surface area contributed by atoms with E-state index in [0.29, 0.717) is 17.2 Å². The van der Waals surface area contributed by atoms with E-state index in [9.17, 15) is 9.90 Å². The van der Waals surface area contributed by atoms with Crippen molar-refractivity contribution in [3.8, 4) is 5.75 Å². The van der Waals surface area contributed by atoms with Crippen molar-refractivity contribution in [1.29, 1.82) is 0 Å². The average molecular weight is 405 g/mol. The number of amides is 1. The van der Waals surface area contributed by atoms with Gasteiger partial charge in [-0.3, -0.25) is 9.89 Å². The first-order valence-corrected chi connectivity index (χ1v) is 10.5. The summed E-state index contributed by atoms with van der Waals surface area (Å²) in [5.41, 5.74) is 5.86. The largest absolute Gasteiger partial charge is 0.507 e. The minimum atomic E-state index is -0.335. The smallest absolute Gasteiger partial charge is 0.292 e. The number of nitrogens with one attached hydrogen (secondary N) is 2. The molecule has 0 spiro atoms. The van der Waals surface area contributed by atoms with E-state index in [-0.39, 0.29) is 17.1 Å². The molecule has 0 saturated heterocycles. The van der Waals surface area contributed by atoms with Crippen LogP contribution in [0.3, 0.4) is 0 Å². The summed E-state index contributed by atoms with van der Waals surface area (Å²) in [6, 6.07) is 11.2. The quantitative estimate of drug-likeness (QED) is 0.430. The number of hydrogen-bond acceptors (Lipinski definition) is 4. The van der Waals surface area contributed by atoms with Crippen LogP contribution >= 0.6 is 0 Å². The molecule has 6 nitrogen and oxygen atoms in total. The molecule has 0 aliphatic heterocycles. The molecular weight excluding hydrogens is 376 g/mol. The van der Waals surface area contributed by atoms with Gasteiger partial charge in [0.15, 0.2) is 5.69 Å². The maximum absolute atomic E-state index is 12.8. The van der Waals surface area contributed by atoms with Crippen molar-refractivity contribution in [2.45, 2.75) is 46.5 Å². The zero-order valence-electron chi connectivity index (χ0n) is 17.7. The van der Waals surface area contributed by atoms with Crippen LogP contribution in [0.5, 0.6) is 5.75 Å². The Bertz CT molecular complexity index is 1110. The van der Waals surface area contributed by atoms with Crippen molar-refractivity contribution in [1.82, 2.24) is 15.6 Å². The van der Waals surface area contributed by atoms with E-state index in [0.717, 1.165) is 47.7 Å². The molecule has 6 heteroatoms. The van der Waals surface area contributed by atoms with Crippen LogP contribution in [0.2, 0.25) is 0 Å². The van der Waals surface area contributed by atoms with Crippen LogP contribution in [-0.4, -0.2) is 27.4 Å². The minimum absolute atomic E-state index is 0.119. The number of hydrazone groups is 1. The van der Waals surface area contributed by atoms with Crippen LogP contribution in [0.15, 0.2) is 41.5 Å². The fourth-order valence-electron chi connectivity index (χ4n) is 4.27. The average Bonchev–Trinajstić information content (AvgIpc) is 3.18. The Kier molecular flexibility index (Phi) is 5.33. The number of aryl methyl sites for hydroxylation is 1. The van der Waals surface area contributed by atoms with Gasteiger partial charge in [-0.2, -0.15) is 10.2 Å². The summed E-state index contributed by atoms with van der Waals surface area (Å²) in [6.45, 7) is 6.81. The highest BCUT2D eigenvalue weighted by Gasteiger charge is 2.34. The van der Waals surface area contributed by atoms with E-state index < -0.39 is 0 Å². The van der Waals surface area contributed by atoms with Gasteiger partial charge in [-0.15, -0.1) is 0 Å². The zero-order valence-corrected chi connectivity index (χ0v) is 17.7. The number of hydrogen-bond donors (Lipinski definition) is 3. The Morgan fingerprint density at radius 2 is 2.13 bits per heavy atom. The first kappa shape index (κ1) is 20.1. The molecule has 0 bridgehead atoms. The number of phenolic OH excluding ortho intramolecular Hbond substituents is 1. The second-order valence-electron chi connectivity index (χ2n) is 8.73. The van der Waals surface area contributed by atoms with Gasteiger partial charge >= 0.3 is 0 Å². The molecule has 1 atom stereocenters. The van der Waals surface area contributed by atoms with Gasteiger partial charge in [-0.25, -0.2) is 5.43 Å². The Balaban J connectivity index is 1.53. The van der Waals surface area contributed by atoms with Gasteiger partial charge in [0.1, 0.15) is 5.75 Å². The monoisotopic (exact) mass is 404 g/mol.